The first kappa shape index (κ1) is 9.48. The van der Waals surface area contributed by atoms with Crippen LogP contribution in [0.25, 0.3) is 0 Å². The van der Waals surface area contributed by atoms with Crippen molar-refractivity contribution in [1.29, 1.82) is 0 Å². The zero-order chi connectivity index (χ0) is 9.14. The minimum absolute atomic E-state index is 0.619. The van der Waals surface area contributed by atoms with Gasteiger partial charge in [0.25, 0.3) is 11.5 Å². The molecule has 1 amide bonds. The lowest BCUT2D eigenvalue weighted by Gasteiger charge is -2.02. The van der Waals surface area contributed by atoms with Crippen LogP contribution in [-0.4, -0.2) is 11.5 Å². The summed E-state index contributed by atoms with van der Waals surface area (Å²) in [7, 11) is 0. The Labute approximate surface area is 78.3 Å². The van der Waals surface area contributed by atoms with E-state index < -0.39 is 11.5 Å². The van der Waals surface area contributed by atoms with E-state index in [0.29, 0.717) is 5.69 Å². The number of amides is 1. The van der Waals surface area contributed by atoms with Gasteiger partial charge in [-0.2, -0.15) is 0 Å². The maximum atomic E-state index is 12.2. The number of carbonyl (C=O) groups excluding carboxylic acids is 1. The van der Waals surface area contributed by atoms with E-state index in [1.54, 1.807) is 5.38 Å². The molecule has 1 aromatic heterocycles. The van der Waals surface area contributed by atoms with Crippen LogP contribution in [0.5, 0.6) is 0 Å². The Hall–Kier alpha value is -0.610. The molecular formula is C7H7ClFNOS. The van der Waals surface area contributed by atoms with E-state index in [1.165, 1.54) is 11.3 Å². The number of hydrogen-bond donors (Lipinski definition) is 1. The van der Waals surface area contributed by atoms with Crippen LogP contribution in [0.3, 0.4) is 0 Å². The molecule has 0 saturated carbocycles. The summed E-state index contributed by atoms with van der Waals surface area (Å²) in [6.07, 6.45) is 0. The highest BCUT2D eigenvalue weighted by Gasteiger charge is 2.13. The highest BCUT2D eigenvalue weighted by atomic mass is 35.5. The molecule has 1 heterocycles. The molecule has 5 heteroatoms. The third kappa shape index (κ3) is 2.19. The van der Waals surface area contributed by atoms with Crippen LogP contribution in [-0.2, 0) is 4.79 Å². The third-order valence-electron chi connectivity index (χ3n) is 1.31. The lowest BCUT2D eigenvalue weighted by molar-refractivity contribution is -0.118. The number of halogens is 2. The summed E-state index contributed by atoms with van der Waals surface area (Å²) in [6, 6.07) is 0. The van der Waals surface area contributed by atoms with E-state index in [1.807, 2.05) is 12.3 Å². The summed E-state index contributed by atoms with van der Waals surface area (Å²) in [5.41, 5.74) is -0.455. The van der Waals surface area contributed by atoms with Gasteiger partial charge in [0, 0.05) is 5.38 Å². The quantitative estimate of drug-likeness (QED) is 0.742. The van der Waals surface area contributed by atoms with Crippen molar-refractivity contribution in [1.82, 2.24) is 0 Å². The zero-order valence-electron chi connectivity index (χ0n) is 6.30. The molecule has 0 radical (unpaired) electrons. The van der Waals surface area contributed by atoms with Gasteiger partial charge in [0.2, 0.25) is 0 Å². The molecule has 0 fully saturated rings. The van der Waals surface area contributed by atoms with Crippen molar-refractivity contribution in [2.45, 2.75) is 12.6 Å². The average molecular weight is 208 g/mol. The number of thiophene rings is 1. The van der Waals surface area contributed by atoms with Crippen LogP contribution in [0.15, 0.2) is 10.8 Å². The Kier molecular flexibility index (Phi) is 3.05. The Bertz CT molecular complexity index is 287. The summed E-state index contributed by atoms with van der Waals surface area (Å²) in [5.74, 6) is -0.821. The second-order valence-electron chi connectivity index (χ2n) is 2.26. The first-order chi connectivity index (χ1) is 5.61. The van der Waals surface area contributed by atoms with Crippen LogP contribution in [0.1, 0.15) is 5.56 Å². The number of hydrogen-bond acceptors (Lipinski definition) is 2. The van der Waals surface area contributed by atoms with Crippen LogP contribution in [0.4, 0.5) is 10.1 Å². The second kappa shape index (κ2) is 3.87. The SMILES string of the molecule is Cc1cscc1NC(=O)C(F)Cl. The molecule has 0 aliphatic heterocycles. The van der Waals surface area contributed by atoms with Gasteiger partial charge in [-0.05, 0) is 17.9 Å². The van der Waals surface area contributed by atoms with Crippen LogP contribution in [0.2, 0.25) is 0 Å². The molecule has 0 aromatic carbocycles. The van der Waals surface area contributed by atoms with E-state index in [0.717, 1.165) is 5.56 Å². The topological polar surface area (TPSA) is 29.1 Å². The van der Waals surface area contributed by atoms with Crippen LogP contribution < -0.4 is 5.32 Å². The number of nitrogens with one attached hydrogen (secondary N) is 1. The van der Waals surface area contributed by atoms with Crippen molar-refractivity contribution in [3.63, 3.8) is 0 Å². The average Bonchev–Trinajstić information content (AvgIpc) is 2.36. The highest BCUT2D eigenvalue weighted by molar-refractivity contribution is 7.08. The van der Waals surface area contributed by atoms with E-state index in [9.17, 15) is 9.18 Å². The predicted octanol–water partition coefficient (Wildman–Crippen LogP) is 2.53. The largest absolute Gasteiger partial charge is 0.321 e. The summed E-state index contributed by atoms with van der Waals surface area (Å²) in [6.45, 7) is 1.83. The van der Waals surface area contributed by atoms with Crippen LogP contribution in [0, 0.1) is 6.92 Å². The second-order valence-corrected chi connectivity index (χ2v) is 3.39. The Morgan fingerprint density at radius 3 is 2.83 bits per heavy atom. The molecule has 12 heavy (non-hydrogen) atoms. The van der Waals surface area contributed by atoms with Gasteiger partial charge in [-0.15, -0.1) is 11.3 Å². The van der Waals surface area contributed by atoms with Gasteiger partial charge in [-0.25, -0.2) is 4.39 Å². The molecule has 1 aromatic rings. The molecule has 0 saturated heterocycles. The van der Waals surface area contributed by atoms with Gasteiger partial charge in [0.1, 0.15) is 0 Å². The molecule has 1 atom stereocenters. The van der Waals surface area contributed by atoms with Crippen molar-refractivity contribution in [2.24, 2.45) is 0 Å². The fraction of sp³-hybridized carbons (Fsp3) is 0.286. The molecule has 0 spiro atoms. The van der Waals surface area contributed by atoms with Crippen molar-refractivity contribution in [3.05, 3.63) is 16.3 Å². The monoisotopic (exact) mass is 207 g/mol. The summed E-state index contributed by atoms with van der Waals surface area (Å²) in [5, 5.41) is 5.94. The highest BCUT2D eigenvalue weighted by Crippen LogP contribution is 2.19. The number of alkyl halides is 2. The number of carbonyl (C=O) groups is 1. The van der Waals surface area contributed by atoms with Gasteiger partial charge < -0.3 is 5.32 Å². The molecule has 0 aliphatic carbocycles. The van der Waals surface area contributed by atoms with Crippen molar-refractivity contribution in [3.8, 4) is 0 Å². The van der Waals surface area contributed by atoms with E-state index >= 15 is 0 Å². The van der Waals surface area contributed by atoms with Crippen molar-refractivity contribution >= 4 is 34.5 Å². The maximum Gasteiger partial charge on any atom is 0.274 e. The minimum Gasteiger partial charge on any atom is -0.321 e. The standard InChI is InChI=1S/C7H7ClFNOS/c1-4-2-12-3-5(4)10-7(11)6(8)9/h2-3,6H,1H3,(H,10,11). The maximum absolute atomic E-state index is 12.2. The predicted molar refractivity (Wildman–Crippen MR) is 48.4 cm³/mol. The molecule has 2 nitrogen and oxygen atoms in total. The van der Waals surface area contributed by atoms with Gasteiger partial charge in [-0.1, -0.05) is 11.6 Å². The number of rotatable bonds is 2. The van der Waals surface area contributed by atoms with E-state index in [-0.39, 0.29) is 0 Å². The molecule has 1 unspecified atom stereocenters. The Morgan fingerprint density at radius 1 is 1.75 bits per heavy atom. The van der Waals surface area contributed by atoms with Gasteiger partial charge in [0.15, 0.2) is 0 Å². The fourth-order valence-corrected chi connectivity index (χ4v) is 1.51. The molecule has 1 rings (SSSR count). The zero-order valence-corrected chi connectivity index (χ0v) is 7.88. The number of aryl methyl sites for hydroxylation is 1. The summed E-state index contributed by atoms with van der Waals surface area (Å²) in [4.78, 5) is 10.7. The molecule has 1 N–H and O–H groups in total. The van der Waals surface area contributed by atoms with E-state index in [4.69, 9.17) is 11.6 Å². The molecule has 0 aliphatic rings. The minimum atomic E-state index is -1.98. The Morgan fingerprint density at radius 2 is 2.42 bits per heavy atom. The smallest absolute Gasteiger partial charge is 0.274 e. The first-order valence-corrected chi connectivity index (χ1v) is 4.61. The van der Waals surface area contributed by atoms with Crippen LogP contribution >= 0.6 is 22.9 Å². The Balaban J connectivity index is 2.64. The van der Waals surface area contributed by atoms with Gasteiger partial charge >= 0.3 is 0 Å². The molecule has 0 bridgehead atoms. The van der Waals surface area contributed by atoms with E-state index in [2.05, 4.69) is 5.32 Å². The molecular weight excluding hydrogens is 201 g/mol. The lowest BCUT2D eigenvalue weighted by Crippen LogP contribution is -2.19. The van der Waals surface area contributed by atoms with Crippen molar-refractivity contribution < 1.29 is 9.18 Å². The van der Waals surface area contributed by atoms with Gasteiger partial charge in [0.05, 0.1) is 5.69 Å². The summed E-state index contributed by atoms with van der Waals surface area (Å²) >= 11 is 6.36. The van der Waals surface area contributed by atoms with Crippen molar-refractivity contribution in [2.75, 3.05) is 5.32 Å². The number of anilines is 1. The third-order valence-corrected chi connectivity index (χ3v) is 2.37. The molecule has 66 valence electrons. The first-order valence-electron chi connectivity index (χ1n) is 3.23. The lowest BCUT2D eigenvalue weighted by atomic mass is 10.3. The fourth-order valence-electron chi connectivity index (χ4n) is 0.676. The summed E-state index contributed by atoms with van der Waals surface area (Å²) < 4.78 is 12.2. The normalized spacial score (nSPS) is 12.6. The van der Waals surface area contributed by atoms with Gasteiger partial charge in [-0.3, -0.25) is 4.79 Å².